The minimum absolute atomic E-state index is 0.151. The van der Waals surface area contributed by atoms with Crippen LogP contribution in [0.3, 0.4) is 0 Å². The fourth-order valence-electron chi connectivity index (χ4n) is 3.62. The number of furan rings is 1. The summed E-state index contributed by atoms with van der Waals surface area (Å²) in [6, 6.07) is 11.1. The number of hydrogen-bond donors (Lipinski definition) is 1. The molecule has 8 nitrogen and oxygen atoms in total. The average molecular weight is 452 g/mol. The Labute approximate surface area is 193 Å². The summed E-state index contributed by atoms with van der Waals surface area (Å²) >= 11 is 0. The minimum atomic E-state index is -0.587. The van der Waals surface area contributed by atoms with Gasteiger partial charge in [0.1, 0.15) is 5.76 Å². The molecule has 0 bridgehead atoms. The molecule has 33 heavy (non-hydrogen) atoms. The Hall–Kier alpha value is -3.81. The summed E-state index contributed by atoms with van der Waals surface area (Å²) in [5, 5.41) is 2.84. The van der Waals surface area contributed by atoms with Crippen molar-refractivity contribution in [1.82, 2.24) is 9.47 Å². The molecule has 0 fully saturated rings. The Bertz CT molecular complexity index is 1140. The Morgan fingerprint density at radius 1 is 1.06 bits per heavy atom. The maximum atomic E-state index is 12.6. The number of anilines is 1. The quantitative estimate of drug-likeness (QED) is 0.528. The first-order valence-electron chi connectivity index (χ1n) is 10.6. The third-order valence-electron chi connectivity index (χ3n) is 5.57. The second-order valence-electron chi connectivity index (χ2n) is 8.09. The molecule has 0 atom stereocenters. The van der Waals surface area contributed by atoms with Crippen LogP contribution < -0.4 is 5.32 Å². The molecule has 0 unspecified atom stereocenters. The second kappa shape index (κ2) is 10.2. The number of aromatic nitrogens is 1. The van der Waals surface area contributed by atoms with E-state index >= 15 is 0 Å². The number of amides is 2. The number of ether oxygens (including phenoxy) is 1. The number of aryl methyl sites for hydroxylation is 3. The Kier molecular flexibility index (Phi) is 7.37. The molecule has 1 N–H and O–H groups in total. The SMILES string of the molecule is Cc1cccc(C)c1NC(=O)CN(C)C(=O)COC(=O)c1cc(C)n(Cc2ccco2)c1C. The highest BCUT2D eigenvalue weighted by Gasteiger charge is 2.20. The average Bonchev–Trinajstić information content (AvgIpc) is 3.38. The molecule has 3 aromatic rings. The molecule has 8 heteroatoms. The van der Waals surface area contributed by atoms with E-state index in [0.29, 0.717) is 12.1 Å². The van der Waals surface area contributed by atoms with Gasteiger partial charge in [0.15, 0.2) is 6.61 Å². The molecule has 3 rings (SSSR count). The number of para-hydroxylation sites is 1. The van der Waals surface area contributed by atoms with Crippen LogP contribution in [0.1, 0.15) is 38.6 Å². The van der Waals surface area contributed by atoms with Crippen molar-refractivity contribution in [2.24, 2.45) is 0 Å². The molecule has 2 aromatic heterocycles. The van der Waals surface area contributed by atoms with Gasteiger partial charge in [0.05, 0.1) is 24.9 Å². The Morgan fingerprint density at radius 2 is 1.76 bits per heavy atom. The summed E-state index contributed by atoms with van der Waals surface area (Å²) in [6.45, 7) is 7.41. The first kappa shape index (κ1) is 23.8. The topological polar surface area (TPSA) is 93.8 Å². The smallest absolute Gasteiger partial charge is 0.340 e. The van der Waals surface area contributed by atoms with E-state index in [9.17, 15) is 14.4 Å². The van der Waals surface area contributed by atoms with Crippen LogP contribution >= 0.6 is 0 Å². The summed E-state index contributed by atoms with van der Waals surface area (Å²) in [7, 11) is 1.50. The third kappa shape index (κ3) is 5.71. The molecule has 2 amide bonds. The zero-order valence-electron chi connectivity index (χ0n) is 19.6. The molecular weight excluding hydrogens is 422 g/mol. The van der Waals surface area contributed by atoms with Crippen LogP contribution in [0.5, 0.6) is 0 Å². The highest BCUT2D eigenvalue weighted by molar-refractivity contribution is 5.96. The van der Waals surface area contributed by atoms with E-state index in [2.05, 4.69) is 5.32 Å². The van der Waals surface area contributed by atoms with Crippen LogP contribution in [0.2, 0.25) is 0 Å². The lowest BCUT2D eigenvalue weighted by atomic mass is 10.1. The van der Waals surface area contributed by atoms with Crippen molar-refractivity contribution < 1.29 is 23.5 Å². The summed E-state index contributed by atoms with van der Waals surface area (Å²) in [5.41, 5.74) is 4.61. The van der Waals surface area contributed by atoms with Crippen LogP contribution in [-0.4, -0.2) is 47.4 Å². The monoisotopic (exact) mass is 451 g/mol. The van der Waals surface area contributed by atoms with Crippen molar-refractivity contribution >= 4 is 23.5 Å². The first-order valence-corrected chi connectivity index (χ1v) is 10.6. The number of esters is 1. The lowest BCUT2D eigenvalue weighted by Crippen LogP contribution is -2.37. The van der Waals surface area contributed by atoms with Gasteiger partial charge in [-0.05, 0) is 57.0 Å². The second-order valence-corrected chi connectivity index (χ2v) is 8.09. The molecule has 1 aromatic carbocycles. The van der Waals surface area contributed by atoms with Gasteiger partial charge >= 0.3 is 5.97 Å². The maximum Gasteiger partial charge on any atom is 0.340 e. The fraction of sp³-hybridized carbons (Fsp3) is 0.320. The molecule has 0 aliphatic carbocycles. The number of benzene rings is 1. The summed E-state index contributed by atoms with van der Waals surface area (Å²) in [4.78, 5) is 38.6. The molecule has 0 saturated carbocycles. The number of hydrogen-bond acceptors (Lipinski definition) is 5. The van der Waals surface area contributed by atoms with Crippen LogP contribution in [-0.2, 0) is 20.9 Å². The summed E-state index contributed by atoms with van der Waals surface area (Å²) in [6.07, 6.45) is 1.60. The van der Waals surface area contributed by atoms with E-state index in [1.165, 1.54) is 11.9 Å². The number of likely N-dealkylation sites (N-methyl/N-ethyl adjacent to an activating group) is 1. The van der Waals surface area contributed by atoms with Gasteiger partial charge in [-0.1, -0.05) is 18.2 Å². The van der Waals surface area contributed by atoms with Crippen molar-refractivity contribution in [3.05, 3.63) is 76.5 Å². The van der Waals surface area contributed by atoms with Crippen molar-refractivity contribution in [2.75, 3.05) is 25.5 Å². The maximum absolute atomic E-state index is 12.6. The normalized spacial score (nSPS) is 10.7. The Balaban J connectivity index is 1.54. The van der Waals surface area contributed by atoms with E-state index in [0.717, 1.165) is 34.0 Å². The van der Waals surface area contributed by atoms with Crippen LogP contribution in [0.4, 0.5) is 5.69 Å². The fourth-order valence-corrected chi connectivity index (χ4v) is 3.62. The van der Waals surface area contributed by atoms with E-state index in [-0.39, 0.29) is 12.5 Å². The van der Waals surface area contributed by atoms with Gasteiger partial charge in [0.25, 0.3) is 5.91 Å². The van der Waals surface area contributed by atoms with Gasteiger partial charge in [-0.25, -0.2) is 4.79 Å². The van der Waals surface area contributed by atoms with E-state index in [1.807, 2.05) is 62.6 Å². The van der Waals surface area contributed by atoms with E-state index in [4.69, 9.17) is 9.15 Å². The van der Waals surface area contributed by atoms with Crippen molar-refractivity contribution in [1.29, 1.82) is 0 Å². The van der Waals surface area contributed by atoms with Crippen molar-refractivity contribution in [2.45, 2.75) is 34.2 Å². The highest BCUT2D eigenvalue weighted by atomic mass is 16.5. The van der Waals surface area contributed by atoms with Crippen molar-refractivity contribution in [3.63, 3.8) is 0 Å². The summed E-state index contributed by atoms with van der Waals surface area (Å²) in [5.74, 6) is -0.608. The van der Waals surface area contributed by atoms with Crippen LogP contribution in [0.25, 0.3) is 0 Å². The van der Waals surface area contributed by atoms with Gasteiger partial charge < -0.3 is 23.9 Å². The number of rotatable bonds is 8. The minimum Gasteiger partial charge on any atom is -0.467 e. The number of carbonyl (C=O) groups is 3. The van der Waals surface area contributed by atoms with Gasteiger partial charge in [0.2, 0.25) is 5.91 Å². The molecular formula is C25H29N3O5. The lowest BCUT2D eigenvalue weighted by molar-refractivity contribution is -0.136. The Morgan fingerprint density at radius 3 is 2.39 bits per heavy atom. The van der Waals surface area contributed by atoms with Crippen LogP contribution in [0.15, 0.2) is 47.1 Å². The molecule has 0 aliphatic heterocycles. The summed E-state index contributed by atoms with van der Waals surface area (Å²) < 4.78 is 12.6. The highest BCUT2D eigenvalue weighted by Crippen LogP contribution is 2.20. The third-order valence-corrected chi connectivity index (χ3v) is 5.57. The first-order chi connectivity index (χ1) is 15.7. The molecule has 0 saturated heterocycles. The number of nitrogens with one attached hydrogen (secondary N) is 1. The molecule has 2 heterocycles. The predicted octanol–water partition coefficient (Wildman–Crippen LogP) is 3.62. The van der Waals surface area contributed by atoms with E-state index in [1.54, 1.807) is 12.3 Å². The van der Waals surface area contributed by atoms with E-state index < -0.39 is 18.5 Å². The zero-order valence-corrected chi connectivity index (χ0v) is 19.6. The van der Waals surface area contributed by atoms with Crippen molar-refractivity contribution in [3.8, 4) is 0 Å². The van der Waals surface area contributed by atoms with Gasteiger partial charge in [0, 0.05) is 24.1 Å². The van der Waals surface area contributed by atoms with Gasteiger partial charge in [-0.15, -0.1) is 0 Å². The standard InChI is InChI=1S/C25H29N3O5/c1-16-8-6-9-17(2)24(16)26-22(29)14-27(5)23(30)15-33-25(31)21-12-18(3)28(19(21)4)13-20-10-7-11-32-20/h6-12H,13-15H2,1-5H3,(H,26,29). The molecule has 174 valence electrons. The van der Waals surface area contributed by atoms with Crippen LogP contribution in [0, 0.1) is 27.7 Å². The lowest BCUT2D eigenvalue weighted by Gasteiger charge is -2.18. The predicted molar refractivity (Wildman–Crippen MR) is 124 cm³/mol. The number of nitrogens with zero attached hydrogens (tertiary/aromatic N) is 2. The van der Waals surface area contributed by atoms with Gasteiger partial charge in [-0.2, -0.15) is 0 Å². The number of carbonyl (C=O) groups excluding carboxylic acids is 3. The van der Waals surface area contributed by atoms with Gasteiger partial charge in [-0.3, -0.25) is 9.59 Å². The molecule has 0 spiro atoms. The molecule has 0 aliphatic rings. The zero-order chi connectivity index (χ0) is 24.1. The molecule has 0 radical (unpaired) electrons. The largest absolute Gasteiger partial charge is 0.467 e.